The summed E-state index contributed by atoms with van der Waals surface area (Å²) in [7, 11) is -1.00. The average molecular weight is 289 g/mol. The molecule has 0 radical (unpaired) electrons. The molecule has 5 nitrogen and oxygen atoms in total. The zero-order valence-corrected chi connectivity index (χ0v) is 12.6. The molecule has 2 N–H and O–H groups in total. The fraction of sp³-hybridized carbons (Fsp3) is 0.846. The first-order chi connectivity index (χ1) is 8.67. The predicted molar refractivity (Wildman–Crippen MR) is 74.3 cm³/mol. The van der Waals surface area contributed by atoms with Crippen molar-refractivity contribution >= 4 is 22.7 Å². The first kappa shape index (κ1) is 16.1. The van der Waals surface area contributed by atoms with E-state index in [1.54, 1.807) is 0 Å². The van der Waals surface area contributed by atoms with Crippen LogP contribution in [0.15, 0.2) is 0 Å². The van der Waals surface area contributed by atoms with Crippen LogP contribution in [0, 0.1) is 5.41 Å². The van der Waals surface area contributed by atoms with Crippen molar-refractivity contribution in [2.45, 2.75) is 51.2 Å². The van der Waals surface area contributed by atoms with Gasteiger partial charge in [-0.25, -0.2) is 0 Å². The maximum atomic E-state index is 11.8. The summed E-state index contributed by atoms with van der Waals surface area (Å²) in [6, 6.07) is 0. The van der Waals surface area contributed by atoms with E-state index in [0.717, 1.165) is 6.42 Å². The number of hydrogen-bond donors (Lipinski definition) is 2. The molecule has 0 spiro atoms. The van der Waals surface area contributed by atoms with Gasteiger partial charge in [0.15, 0.2) is 0 Å². The molecule has 110 valence electrons. The summed E-state index contributed by atoms with van der Waals surface area (Å²) < 4.78 is 11.5. The van der Waals surface area contributed by atoms with Crippen LogP contribution in [0.25, 0.3) is 0 Å². The minimum absolute atomic E-state index is 0.0322. The third-order valence-corrected chi connectivity index (χ3v) is 5.50. The molecule has 1 rings (SSSR count). The number of carbonyl (C=O) groups excluding carboxylic acids is 1. The molecule has 0 bridgehead atoms. The van der Waals surface area contributed by atoms with Crippen LogP contribution in [0.2, 0.25) is 0 Å². The highest BCUT2D eigenvalue weighted by Gasteiger charge is 2.45. The number of nitrogens with one attached hydrogen (secondary N) is 1. The van der Waals surface area contributed by atoms with Crippen LogP contribution >= 0.6 is 0 Å². The molecule has 0 aromatic heterocycles. The van der Waals surface area contributed by atoms with Crippen LogP contribution in [-0.2, 0) is 20.4 Å². The molecule has 0 saturated heterocycles. The van der Waals surface area contributed by atoms with Gasteiger partial charge in [0.05, 0.1) is 5.41 Å². The molecule has 1 aliphatic rings. The van der Waals surface area contributed by atoms with Gasteiger partial charge in [-0.15, -0.1) is 0 Å². The predicted octanol–water partition coefficient (Wildman–Crippen LogP) is 1.29. The van der Waals surface area contributed by atoms with Crippen molar-refractivity contribution in [3.8, 4) is 0 Å². The minimum atomic E-state index is -1.00. The highest BCUT2D eigenvalue weighted by atomic mass is 32.2. The van der Waals surface area contributed by atoms with Crippen molar-refractivity contribution < 1.29 is 18.9 Å². The van der Waals surface area contributed by atoms with E-state index in [0.29, 0.717) is 25.1 Å². The standard InChI is InChI=1S/C13H23NO4S/c1-12(2,3)19(18)8-7-14-10(15)9-13(11(16)17)5-4-6-13/h4-9H2,1-3H3,(H,14,15)(H,16,17). The van der Waals surface area contributed by atoms with E-state index in [1.165, 1.54) is 0 Å². The van der Waals surface area contributed by atoms with Gasteiger partial charge in [0.25, 0.3) is 0 Å². The van der Waals surface area contributed by atoms with E-state index in [2.05, 4.69) is 5.32 Å². The number of carbonyl (C=O) groups is 2. The maximum Gasteiger partial charge on any atom is 0.310 e. The number of rotatable bonds is 6. The van der Waals surface area contributed by atoms with Crippen molar-refractivity contribution in [3.05, 3.63) is 0 Å². The second kappa shape index (κ2) is 6.03. The molecule has 0 aromatic carbocycles. The fourth-order valence-corrected chi connectivity index (χ4v) is 2.93. The fourth-order valence-electron chi connectivity index (χ4n) is 2.03. The van der Waals surface area contributed by atoms with Gasteiger partial charge in [0.2, 0.25) is 5.91 Å². The largest absolute Gasteiger partial charge is 0.481 e. The number of carboxylic acids is 1. The third-order valence-electron chi connectivity index (χ3n) is 3.56. The van der Waals surface area contributed by atoms with Crippen LogP contribution in [-0.4, -0.2) is 38.2 Å². The quantitative estimate of drug-likeness (QED) is 0.772. The molecule has 1 saturated carbocycles. The SMILES string of the molecule is CC(C)(C)S(=O)CCNC(=O)CC1(C(=O)O)CCC1. The molecule has 6 heteroatoms. The van der Waals surface area contributed by atoms with Crippen LogP contribution in [0.5, 0.6) is 0 Å². The van der Waals surface area contributed by atoms with Crippen molar-refractivity contribution in [1.29, 1.82) is 0 Å². The summed E-state index contributed by atoms with van der Waals surface area (Å²) in [4.78, 5) is 22.8. The minimum Gasteiger partial charge on any atom is -0.481 e. The van der Waals surface area contributed by atoms with Crippen LogP contribution in [0.4, 0.5) is 0 Å². The van der Waals surface area contributed by atoms with Crippen molar-refractivity contribution in [1.82, 2.24) is 5.32 Å². The molecule has 19 heavy (non-hydrogen) atoms. The zero-order chi connectivity index (χ0) is 14.7. The van der Waals surface area contributed by atoms with Gasteiger partial charge in [-0.2, -0.15) is 0 Å². The first-order valence-corrected chi connectivity index (χ1v) is 7.88. The second-order valence-electron chi connectivity index (χ2n) is 6.13. The Morgan fingerprint density at radius 3 is 2.26 bits per heavy atom. The molecule has 0 heterocycles. The summed E-state index contributed by atoms with van der Waals surface area (Å²) in [5.74, 6) is -0.741. The third kappa shape index (κ3) is 4.30. The highest BCUT2D eigenvalue weighted by molar-refractivity contribution is 7.86. The van der Waals surface area contributed by atoms with E-state index < -0.39 is 22.2 Å². The zero-order valence-electron chi connectivity index (χ0n) is 11.8. The van der Waals surface area contributed by atoms with E-state index in [-0.39, 0.29) is 17.1 Å². The van der Waals surface area contributed by atoms with Crippen LogP contribution in [0.1, 0.15) is 46.5 Å². The lowest BCUT2D eigenvalue weighted by molar-refractivity contribution is -0.157. The van der Waals surface area contributed by atoms with E-state index in [4.69, 9.17) is 5.11 Å². The van der Waals surface area contributed by atoms with Crippen LogP contribution in [0.3, 0.4) is 0 Å². The van der Waals surface area contributed by atoms with Crippen molar-refractivity contribution in [2.75, 3.05) is 12.3 Å². The Balaban J connectivity index is 2.33. The van der Waals surface area contributed by atoms with Gasteiger partial charge in [-0.05, 0) is 33.6 Å². The number of amides is 1. The Morgan fingerprint density at radius 2 is 1.89 bits per heavy atom. The van der Waals surface area contributed by atoms with Crippen LogP contribution < -0.4 is 5.32 Å². The van der Waals surface area contributed by atoms with Gasteiger partial charge >= 0.3 is 5.97 Å². The Kier molecular flexibility index (Phi) is 5.12. The molecule has 0 aromatic rings. The number of aliphatic carboxylic acids is 1. The lowest BCUT2D eigenvalue weighted by atomic mass is 9.66. The summed E-state index contributed by atoms with van der Waals surface area (Å²) >= 11 is 0. The Bertz CT molecular complexity index is 383. The monoisotopic (exact) mass is 289 g/mol. The molecule has 1 fully saturated rings. The smallest absolute Gasteiger partial charge is 0.310 e. The topological polar surface area (TPSA) is 83.5 Å². The summed E-state index contributed by atoms with van der Waals surface area (Å²) in [6.45, 7) is 5.99. The molecule has 1 amide bonds. The van der Waals surface area contributed by atoms with Gasteiger partial charge in [0.1, 0.15) is 0 Å². The Hall–Kier alpha value is -0.910. The maximum absolute atomic E-state index is 11.8. The molecular formula is C13H23NO4S. The van der Waals surface area contributed by atoms with Gasteiger partial charge < -0.3 is 10.4 Å². The summed E-state index contributed by atoms with van der Waals surface area (Å²) in [5.41, 5.74) is -0.854. The lowest BCUT2D eigenvalue weighted by Gasteiger charge is -2.36. The molecule has 0 aliphatic heterocycles. The lowest BCUT2D eigenvalue weighted by Crippen LogP contribution is -2.43. The van der Waals surface area contributed by atoms with E-state index >= 15 is 0 Å². The summed E-state index contributed by atoms with van der Waals surface area (Å²) in [6.07, 6.45) is 2.05. The molecular weight excluding hydrogens is 266 g/mol. The average Bonchev–Trinajstić information content (AvgIpc) is 2.21. The van der Waals surface area contributed by atoms with Gasteiger partial charge in [-0.3, -0.25) is 13.8 Å². The van der Waals surface area contributed by atoms with Gasteiger partial charge in [0, 0.05) is 34.3 Å². The molecule has 1 atom stereocenters. The number of carboxylic acid groups (broad SMARTS) is 1. The van der Waals surface area contributed by atoms with E-state index in [1.807, 2.05) is 20.8 Å². The number of hydrogen-bond acceptors (Lipinski definition) is 3. The van der Waals surface area contributed by atoms with Crippen molar-refractivity contribution in [2.24, 2.45) is 5.41 Å². The molecule has 1 unspecified atom stereocenters. The highest BCUT2D eigenvalue weighted by Crippen LogP contribution is 2.44. The molecule has 1 aliphatic carbocycles. The Morgan fingerprint density at radius 1 is 1.32 bits per heavy atom. The van der Waals surface area contributed by atoms with Gasteiger partial charge in [-0.1, -0.05) is 6.42 Å². The first-order valence-electron chi connectivity index (χ1n) is 6.56. The normalized spacial score (nSPS) is 19.3. The Labute approximate surface area is 116 Å². The second-order valence-corrected chi connectivity index (χ2v) is 8.45. The van der Waals surface area contributed by atoms with Crippen molar-refractivity contribution in [3.63, 3.8) is 0 Å². The van der Waals surface area contributed by atoms with E-state index in [9.17, 15) is 13.8 Å². The summed E-state index contributed by atoms with van der Waals surface area (Å²) in [5, 5.41) is 11.8.